The van der Waals surface area contributed by atoms with Gasteiger partial charge in [0.2, 0.25) is 0 Å². The van der Waals surface area contributed by atoms with Gasteiger partial charge < -0.3 is 9.47 Å². The molecule has 0 atom stereocenters. The Hall–Kier alpha value is -0.0800. The van der Waals surface area contributed by atoms with Gasteiger partial charge in [0.05, 0.1) is 12.2 Å². The number of hydrogen-bond donors (Lipinski definition) is 0. The van der Waals surface area contributed by atoms with Gasteiger partial charge in [-0.25, -0.2) is 0 Å². The predicted octanol–water partition coefficient (Wildman–Crippen LogP) is 10.7. The summed E-state index contributed by atoms with van der Waals surface area (Å²) in [4.78, 5) is 0. The molecule has 5 aliphatic rings. The van der Waals surface area contributed by atoms with Gasteiger partial charge in [-0.05, 0) is 163 Å². The van der Waals surface area contributed by atoms with Crippen LogP contribution in [-0.4, -0.2) is 25.4 Å². The van der Waals surface area contributed by atoms with Gasteiger partial charge in [-0.1, -0.05) is 39.5 Å². The summed E-state index contributed by atoms with van der Waals surface area (Å²) in [6.45, 7) is 6.58. The van der Waals surface area contributed by atoms with Crippen LogP contribution < -0.4 is 0 Å². The number of rotatable bonds is 12. The Balaban J connectivity index is 0.950. The standard InChI is InChI=1S/C36H64O2/c1-3-5-7-25-37-33-13-9-29(10-14-33)31-17-21-35(22-18-31)27-36(28-35)23-19-32(20-24-36)30-11-15-34(16-12-30)38-26-8-6-4-2/h29-34H,3-28H2,1-2H3. The van der Waals surface area contributed by atoms with Gasteiger partial charge in [0.15, 0.2) is 0 Å². The Labute approximate surface area is 237 Å². The summed E-state index contributed by atoms with van der Waals surface area (Å²) in [5.74, 6) is 4.12. The maximum Gasteiger partial charge on any atom is 0.0575 e. The molecule has 5 fully saturated rings. The average Bonchev–Trinajstić information content (AvgIpc) is 2.94. The first-order valence-electron chi connectivity index (χ1n) is 17.9. The summed E-state index contributed by atoms with van der Waals surface area (Å²) in [6.07, 6.45) is 35.8. The number of unbranched alkanes of at least 4 members (excludes halogenated alkanes) is 4. The van der Waals surface area contributed by atoms with E-state index in [1.54, 1.807) is 64.2 Å². The van der Waals surface area contributed by atoms with Crippen LogP contribution in [-0.2, 0) is 9.47 Å². The van der Waals surface area contributed by atoms with E-state index < -0.39 is 0 Å². The molecule has 0 aromatic rings. The molecule has 0 amide bonds. The van der Waals surface area contributed by atoms with Crippen molar-refractivity contribution in [3.8, 4) is 0 Å². The molecule has 2 spiro atoms. The summed E-state index contributed by atoms with van der Waals surface area (Å²) in [7, 11) is 0. The third kappa shape index (κ3) is 7.60. The van der Waals surface area contributed by atoms with E-state index in [2.05, 4.69) is 13.8 Å². The number of hydrogen-bond acceptors (Lipinski definition) is 2. The lowest BCUT2D eigenvalue weighted by molar-refractivity contribution is -0.111. The summed E-state index contributed by atoms with van der Waals surface area (Å²) in [5.41, 5.74) is 1.55. The highest BCUT2D eigenvalue weighted by Crippen LogP contribution is 2.67. The van der Waals surface area contributed by atoms with Gasteiger partial charge in [0.25, 0.3) is 0 Å². The lowest BCUT2D eigenvalue weighted by Gasteiger charge is -2.62. The van der Waals surface area contributed by atoms with Crippen molar-refractivity contribution in [1.82, 2.24) is 0 Å². The molecule has 0 unspecified atom stereocenters. The second-order valence-corrected chi connectivity index (χ2v) is 15.3. The maximum absolute atomic E-state index is 6.21. The molecule has 0 aromatic carbocycles. The van der Waals surface area contributed by atoms with Crippen molar-refractivity contribution < 1.29 is 9.47 Å². The minimum Gasteiger partial charge on any atom is -0.378 e. The lowest BCUT2D eigenvalue weighted by Crippen LogP contribution is -2.50. The van der Waals surface area contributed by atoms with E-state index >= 15 is 0 Å². The van der Waals surface area contributed by atoms with E-state index in [0.29, 0.717) is 12.2 Å². The Bertz CT molecular complexity index is 589. The summed E-state index contributed by atoms with van der Waals surface area (Å²) in [5, 5.41) is 0. The van der Waals surface area contributed by atoms with Crippen LogP contribution in [0.25, 0.3) is 0 Å². The van der Waals surface area contributed by atoms with Crippen LogP contribution in [0.4, 0.5) is 0 Å². The van der Waals surface area contributed by atoms with Gasteiger partial charge in [-0.3, -0.25) is 0 Å². The zero-order valence-corrected chi connectivity index (χ0v) is 25.7. The molecule has 2 heteroatoms. The molecule has 5 aliphatic carbocycles. The van der Waals surface area contributed by atoms with Crippen molar-refractivity contribution in [2.24, 2.45) is 34.5 Å². The van der Waals surface area contributed by atoms with Gasteiger partial charge in [-0.2, -0.15) is 0 Å². The Morgan fingerprint density at radius 3 is 1.13 bits per heavy atom. The monoisotopic (exact) mass is 528 g/mol. The molecular formula is C36H64O2. The van der Waals surface area contributed by atoms with Crippen LogP contribution in [0.5, 0.6) is 0 Å². The second kappa shape index (κ2) is 14.2. The van der Waals surface area contributed by atoms with Crippen molar-refractivity contribution in [1.29, 1.82) is 0 Å². The van der Waals surface area contributed by atoms with Crippen molar-refractivity contribution in [2.45, 2.75) is 180 Å². The Kier molecular flexibility index (Phi) is 11.0. The molecule has 0 aliphatic heterocycles. The van der Waals surface area contributed by atoms with E-state index in [4.69, 9.17) is 9.47 Å². The number of ether oxygens (including phenoxy) is 2. The minimum absolute atomic E-state index is 0.582. The fourth-order valence-corrected chi connectivity index (χ4v) is 10.4. The van der Waals surface area contributed by atoms with Gasteiger partial charge in [0, 0.05) is 13.2 Å². The van der Waals surface area contributed by atoms with Crippen LogP contribution in [0.2, 0.25) is 0 Å². The summed E-state index contributed by atoms with van der Waals surface area (Å²) < 4.78 is 12.4. The van der Waals surface area contributed by atoms with Crippen molar-refractivity contribution in [3.63, 3.8) is 0 Å². The van der Waals surface area contributed by atoms with E-state index in [1.807, 2.05) is 0 Å². The zero-order valence-electron chi connectivity index (χ0n) is 25.7. The van der Waals surface area contributed by atoms with Gasteiger partial charge >= 0.3 is 0 Å². The molecular weight excluding hydrogens is 464 g/mol. The quantitative estimate of drug-likeness (QED) is 0.234. The maximum atomic E-state index is 6.21. The molecule has 0 bridgehead atoms. The van der Waals surface area contributed by atoms with Crippen LogP contribution in [0.15, 0.2) is 0 Å². The molecule has 0 aromatic heterocycles. The highest BCUT2D eigenvalue weighted by Gasteiger charge is 2.56. The molecule has 220 valence electrons. The van der Waals surface area contributed by atoms with Crippen molar-refractivity contribution in [2.75, 3.05) is 13.2 Å². The van der Waals surface area contributed by atoms with Crippen LogP contribution in [0.3, 0.4) is 0 Å². The third-order valence-electron chi connectivity index (χ3n) is 12.7. The van der Waals surface area contributed by atoms with Crippen LogP contribution in [0.1, 0.15) is 168 Å². The highest BCUT2D eigenvalue weighted by atomic mass is 16.5. The topological polar surface area (TPSA) is 18.5 Å². The molecule has 2 nitrogen and oxygen atoms in total. The molecule has 5 saturated carbocycles. The lowest BCUT2D eigenvalue weighted by atomic mass is 9.43. The zero-order chi connectivity index (χ0) is 26.3. The Morgan fingerprint density at radius 1 is 0.447 bits per heavy atom. The predicted molar refractivity (Wildman–Crippen MR) is 160 cm³/mol. The smallest absolute Gasteiger partial charge is 0.0575 e. The second-order valence-electron chi connectivity index (χ2n) is 15.3. The first kappa shape index (κ1) is 29.4. The molecule has 0 radical (unpaired) electrons. The highest BCUT2D eigenvalue weighted by molar-refractivity contribution is 5.07. The summed E-state index contributed by atoms with van der Waals surface area (Å²) in [6, 6.07) is 0. The Morgan fingerprint density at radius 2 is 0.789 bits per heavy atom. The average molecular weight is 529 g/mol. The molecule has 5 rings (SSSR count). The SMILES string of the molecule is CCCCCOC1CCC(C2CCC3(CC2)CC2(CCC(C4CCC(OCCCCC)CC4)CC2)C3)CC1. The van der Waals surface area contributed by atoms with Crippen molar-refractivity contribution >= 4 is 0 Å². The third-order valence-corrected chi connectivity index (χ3v) is 12.7. The normalized spacial score (nSPS) is 41.8. The molecule has 0 saturated heterocycles. The van der Waals surface area contributed by atoms with Crippen molar-refractivity contribution in [3.05, 3.63) is 0 Å². The van der Waals surface area contributed by atoms with E-state index in [9.17, 15) is 0 Å². The fraction of sp³-hybridized carbons (Fsp3) is 1.00. The first-order valence-corrected chi connectivity index (χ1v) is 17.9. The van der Waals surface area contributed by atoms with Crippen LogP contribution >= 0.6 is 0 Å². The molecule has 0 heterocycles. The first-order chi connectivity index (χ1) is 18.6. The van der Waals surface area contributed by atoms with E-state index in [0.717, 1.165) is 47.7 Å². The largest absolute Gasteiger partial charge is 0.378 e. The van der Waals surface area contributed by atoms with Crippen LogP contribution in [0, 0.1) is 34.5 Å². The molecule has 38 heavy (non-hydrogen) atoms. The minimum atomic E-state index is 0.582. The van der Waals surface area contributed by atoms with Gasteiger partial charge in [-0.15, -0.1) is 0 Å². The van der Waals surface area contributed by atoms with E-state index in [-0.39, 0.29) is 0 Å². The van der Waals surface area contributed by atoms with E-state index in [1.165, 1.54) is 89.9 Å². The molecule has 0 N–H and O–H groups in total. The summed E-state index contributed by atoms with van der Waals surface area (Å²) >= 11 is 0. The fourth-order valence-electron chi connectivity index (χ4n) is 10.4. The van der Waals surface area contributed by atoms with Gasteiger partial charge in [0.1, 0.15) is 0 Å².